The number of hydrogen-bond acceptors (Lipinski definition) is 8. The number of carbonyl (C=O) groups is 1. The van der Waals surface area contributed by atoms with E-state index in [1.165, 1.54) is 6.42 Å². The van der Waals surface area contributed by atoms with Gasteiger partial charge in [0.25, 0.3) is 0 Å². The number of carbonyl (C=O) groups excluding carboxylic acids is 1. The van der Waals surface area contributed by atoms with Crippen LogP contribution in [0.25, 0.3) is 0 Å². The van der Waals surface area contributed by atoms with Crippen molar-refractivity contribution in [1.29, 1.82) is 0 Å². The van der Waals surface area contributed by atoms with E-state index in [1.807, 2.05) is 0 Å². The second kappa shape index (κ2) is 13.6. The fraction of sp³-hybridized carbons (Fsp3) is 0.923. The summed E-state index contributed by atoms with van der Waals surface area (Å²) in [6.07, 6.45) is 8.40. The van der Waals surface area contributed by atoms with E-state index in [-0.39, 0.29) is 36.1 Å². The molecule has 15 atom stereocenters. The lowest BCUT2D eigenvalue weighted by Gasteiger charge is -2.62. The molecule has 2 saturated heterocycles. The molecule has 0 aromatic heterocycles. The Labute approximate surface area is 288 Å². The number of allylic oxidation sites excluding steroid dienone is 1. The minimum Gasteiger partial charge on any atom is -0.390 e. The molecule has 0 radical (unpaired) electrons. The van der Waals surface area contributed by atoms with Crippen molar-refractivity contribution in [2.75, 3.05) is 13.2 Å². The second-order valence-corrected chi connectivity index (χ2v) is 18.4. The zero-order chi connectivity index (χ0) is 34.8. The van der Waals surface area contributed by atoms with Crippen LogP contribution in [0.5, 0.6) is 0 Å². The monoisotopic (exact) mass is 675 g/mol. The third-order valence-corrected chi connectivity index (χ3v) is 15.3. The molecule has 15 unspecified atom stereocenters. The highest BCUT2D eigenvalue weighted by Gasteiger charge is 2.70. The van der Waals surface area contributed by atoms with E-state index in [1.54, 1.807) is 13.0 Å². The Hall–Kier alpha value is -0.910. The van der Waals surface area contributed by atoms with Crippen molar-refractivity contribution in [2.24, 2.45) is 58.0 Å². The van der Waals surface area contributed by atoms with Crippen LogP contribution in [0.4, 0.5) is 0 Å². The van der Waals surface area contributed by atoms with Crippen LogP contribution in [0.2, 0.25) is 0 Å². The summed E-state index contributed by atoms with van der Waals surface area (Å²) in [4.78, 5) is 14.1. The maximum atomic E-state index is 14.1. The molecule has 2 aliphatic heterocycles. The summed E-state index contributed by atoms with van der Waals surface area (Å²) in [5.74, 6) is 0.678. The molecule has 9 nitrogen and oxygen atoms in total. The van der Waals surface area contributed by atoms with Gasteiger partial charge >= 0.3 is 0 Å². The van der Waals surface area contributed by atoms with Crippen molar-refractivity contribution in [3.8, 4) is 0 Å². The summed E-state index contributed by atoms with van der Waals surface area (Å²) in [7, 11) is 0. The Bertz CT molecular complexity index is 1200. The van der Waals surface area contributed by atoms with E-state index in [4.69, 9.17) is 10.5 Å². The first-order valence-electron chi connectivity index (χ1n) is 19.5. The van der Waals surface area contributed by atoms with Gasteiger partial charge in [-0.15, -0.1) is 0 Å². The number of aliphatic hydroxyl groups is 5. The summed E-state index contributed by atoms with van der Waals surface area (Å²) in [5, 5.41) is 61.2. The molecule has 4 aliphatic carbocycles. The number of nitrogens with two attached hydrogens (primary N) is 2. The number of aliphatic hydroxyl groups excluding tert-OH is 3. The first-order valence-corrected chi connectivity index (χ1v) is 19.5. The minimum atomic E-state index is -1.50. The Morgan fingerprint density at radius 3 is 2.54 bits per heavy atom. The van der Waals surface area contributed by atoms with Gasteiger partial charge in [0.15, 0.2) is 5.78 Å². The number of piperidine rings is 1. The standard InChI is InChI=1S/C39H66N2O7/c1-22(2)7-6-8-25-21-48-34(23(25)3)35(45)37(5,46)32-13-16-39(47)27-17-29(42)28-18-30(43)31(44)19-38(28,26(27)12-14-36(32,39)4)15-11-24-9-10-33(40)41-20-24/h17,22-26,28,30-35,41,43-47H,6-16,18-21,40H2,1-5H3/p+1. The number of ether oxygens (including phenoxy) is 1. The summed E-state index contributed by atoms with van der Waals surface area (Å²) in [6.45, 7) is 12.0. The van der Waals surface area contributed by atoms with Gasteiger partial charge in [0.1, 0.15) is 12.3 Å². The second-order valence-electron chi connectivity index (χ2n) is 18.4. The van der Waals surface area contributed by atoms with E-state index >= 15 is 0 Å². The van der Waals surface area contributed by atoms with Crippen LogP contribution < -0.4 is 11.1 Å². The highest BCUT2D eigenvalue weighted by molar-refractivity contribution is 5.95. The van der Waals surface area contributed by atoms with Crippen molar-refractivity contribution in [1.82, 2.24) is 0 Å². The first kappa shape index (κ1) is 36.9. The van der Waals surface area contributed by atoms with E-state index in [2.05, 4.69) is 33.0 Å². The quantitative estimate of drug-likeness (QED) is 0.185. The zero-order valence-corrected chi connectivity index (χ0v) is 30.3. The fourth-order valence-electron chi connectivity index (χ4n) is 12.2. The molecule has 9 heteroatoms. The molecule has 274 valence electrons. The molecule has 0 amide bonds. The molecule has 9 N–H and O–H groups in total. The van der Waals surface area contributed by atoms with Gasteiger partial charge in [-0.25, -0.2) is 0 Å². The fourth-order valence-corrected chi connectivity index (χ4v) is 12.2. The van der Waals surface area contributed by atoms with Gasteiger partial charge in [-0.05, 0) is 118 Å². The predicted molar refractivity (Wildman–Crippen MR) is 183 cm³/mol. The van der Waals surface area contributed by atoms with Crippen LogP contribution in [0.15, 0.2) is 11.6 Å². The van der Waals surface area contributed by atoms with Crippen LogP contribution >= 0.6 is 0 Å². The van der Waals surface area contributed by atoms with Gasteiger partial charge in [0.2, 0.25) is 0 Å². The minimum absolute atomic E-state index is 0.0472. The average Bonchev–Trinajstić information content (AvgIpc) is 3.54. The summed E-state index contributed by atoms with van der Waals surface area (Å²) in [6, 6.07) is 0. The van der Waals surface area contributed by atoms with Crippen LogP contribution in [0, 0.1) is 52.3 Å². The summed E-state index contributed by atoms with van der Waals surface area (Å²) >= 11 is 0. The highest BCUT2D eigenvalue weighted by Crippen LogP contribution is 2.69. The highest BCUT2D eigenvalue weighted by atomic mass is 16.5. The zero-order valence-electron chi connectivity index (χ0n) is 30.3. The van der Waals surface area contributed by atoms with Crippen molar-refractivity contribution >= 4 is 5.78 Å². The maximum Gasteiger partial charge on any atom is 0.159 e. The van der Waals surface area contributed by atoms with Gasteiger partial charge in [-0.3, -0.25) is 10.5 Å². The van der Waals surface area contributed by atoms with Gasteiger partial charge in [0.05, 0.1) is 42.7 Å². The third-order valence-electron chi connectivity index (χ3n) is 15.3. The van der Waals surface area contributed by atoms with Crippen molar-refractivity contribution in [2.45, 2.75) is 160 Å². The molecule has 3 saturated carbocycles. The van der Waals surface area contributed by atoms with E-state index in [9.17, 15) is 30.3 Å². The molecule has 48 heavy (non-hydrogen) atoms. The molecular formula is C39H67N2O7+. The lowest BCUT2D eigenvalue weighted by Crippen LogP contribution is -2.95. The molecule has 0 aromatic carbocycles. The van der Waals surface area contributed by atoms with E-state index in [0.29, 0.717) is 50.0 Å². The van der Waals surface area contributed by atoms with Gasteiger partial charge < -0.3 is 35.6 Å². The van der Waals surface area contributed by atoms with Crippen LogP contribution in [-0.4, -0.2) is 86.3 Å². The molecule has 5 fully saturated rings. The smallest absolute Gasteiger partial charge is 0.159 e. The lowest BCUT2D eigenvalue weighted by atomic mass is 9.44. The molecule has 6 rings (SSSR count). The molecular weight excluding hydrogens is 608 g/mol. The third kappa shape index (κ3) is 6.08. The molecule has 0 aromatic rings. The topological polar surface area (TPSA) is 170 Å². The van der Waals surface area contributed by atoms with Crippen LogP contribution in [0.1, 0.15) is 118 Å². The molecule has 6 aliphatic rings. The van der Waals surface area contributed by atoms with Crippen LogP contribution in [-0.2, 0) is 9.53 Å². The van der Waals surface area contributed by atoms with E-state index in [0.717, 1.165) is 57.1 Å². The predicted octanol–water partition coefficient (Wildman–Crippen LogP) is 2.80. The van der Waals surface area contributed by atoms with Crippen molar-refractivity contribution in [3.05, 3.63) is 11.6 Å². The Morgan fingerprint density at radius 1 is 1.10 bits per heavy atom. The normalized spacial score (nSPS) is 48.0. The Balaban J connectivity index is 1.25. The maximum absolute atomic E-state index is 14.1. The molecule has 0 bridgehead atoms. The summed E-state index contributed by atoms with van der Waals surface area (Å²) in [5.41, 5.74) is 2.82. The lowest BCUT2D eigenvalue weighted by molar-refractivity contribution is -0.703. The number of hydrogen-bond donors (Lipinski definition) is 7. The van der Waals surface area contributed by atoms with E-state index < -0.39 is 52.4 Å². The Morgan fingerprint density at radius 2 is 1.85 bits per heavy atom. The van der Waals surface area contributed by atoms with Gasteiger partial charge in [-0.1, -0.05) is 40.5 Å². The Kier molecular flexibility index (Phi) is 10.4. The van der Waals surface area contributed by atoms with Crippen LogP contribution in [0.3, 0.4) is 0 Å². The number of quaternary nitrogens is 1. The summed E-state index contributed by atoms with van der Waals surface area (Å²) < 4.78 is 6.23. The van der Waals surface area contributed by atoms with Crippen molar-refractivity contribution < 1.29 is 40.4 Å². The van der Waals surface area contributed by atoms with Gasteiger partial charge in [0, 0.05) is 23.7 Å². The largest absolute Gasteiger partial charge is 0.390 e. The SMILES string of the molecule is CC(C)CCCC1COC(C(O)C(C)(O)C2CCC3(O)C4=CC(=O)C5CC(O)C(O)CC5(CCC5CCC(N)[NH2+]C5)C4CCC23C)C1C. The number of rotatable bonds is 10. The molecule has 0 spiro atoms. The number of fused-ring (bicyclic) bond motifs is 5. The average molecular weight is 676 g/mol. The van der Waals surface area contributed by atoms with Crippen molar-refractivity contribution in [3.63, 3.8) is 0 Å². The van der Waals surface area contributed by atoms with Gasteiger partial charge in [-0.2, -0.15) is 0 Å². The first-order chi connectivity index (χ1) is 22.5. The number of ketones is 1. The molecule has 2 heterocycles.